The summed E-state index contributed by atoms with van der Waals surface area (Å²) in [6.45, 7) is 1.88. The number of para-hydroxylation sites is 1. The van der Waals surface area contributed by atoms with Gasteiger partial charge in [-0.25, -0.2) is 13.8 Å². The van der Waals surface area contributed by atoms with Gasteiger partial charge in [0.05, 0.1) is 28.1 Å². The van der Waals surface area contributed by atoms with E-state index in [1.54, 1.807) is 42.9 Å². The lowest BCUT2D eigenvalue weighted by Gasteiger charge is -2.06. The summed E-state index contributed by atoms with van der Waals surface area (Å²) in [5, 5.41) is 7.42. The molecule has 4 aromatic heterocycles. The number of hydrogen-bond acceptors (Lipinski definition) is 4. The van der Waals surface area contributed by atoms with Crippen LogP contribution in [0, 0.1) is 18.6 Å². The Kier molecular flexibility index (Phi) is 4.26. The number of rotatable bonds is 3. The van der Waals surface area contributed by atoms with Crippen LogP contribution < -0.4 is 0 Å². The van der Waals surface area contributed by atoms with Crippen LogP contribution in [0.25, 0.3) is 55.8 Å². The summed E-state index contributed by atoms with van der Waals surface area (Å²) in [7, 11) is 0. The SMILES string of the molecule is Cc1ccncc1-c1ncc2[nH]nc(-c3nc4c(-c5ccccc5F)cccc4[nH]3)c2c1F. The minimum Gasteiger partial charge on any atom is -0.337 e. The highest BCUT2D eigenvalue weighted by molar-refractivity contribution is 5.98. The molecule has 0 radical (unpaired) electrons. The Bertz CT molecular complexity index is 1670. The normalized spacial score (nSPS) is 11.5. The Morgan fingerprint density at radius 3 is 2.52 bits per heavy atom. The topological polar surface area (TPSA) is 83.1 Å². The Morgan fingerprint density at radius 1 is 0.818 bits per heavy atom. The minimum absolute atomic E-state index is 0.193. The van der Waals surface area contributed by atoms with Gasteiger partial charge in [-0.2, -0.15) is 5.10 Å². The summed E-state index contributed by atoms with van der Waals surface area (Å²) in [6, 6.07) is 13.8. The lowest BCUT2D eigenvalue weighted by molar-refractivity contribution is 0.631. The maximum absolute atomic E-state index is 15.7. The molecule has 2 aromatic carbocycles. The van der Waals surface area contributed by atoms with Crippen LogP contribution in [0.3, 0.4) is 0 Å². The smallest absolute Gasteiger partial charge is 0.161 e. The standard InChI is InChI=1S/C25H16F2N6/c1-13-9-10-28-11-16(13)23-21(27)20-19(12-29-23)32-33-24(20)25-30-18-8-4-6-15(22(18)31-25)14-5-2-3-7-17(14)26/h2-12H,1H3,(H,30,31)(H,32,33). The molecule has 0 atom stereocenters. The Hall–Kier alpha value is -4.46. The van der Waals surface area contributed by atoms with Crippen molar-refractivity contribution >= 4 is 21.9 Å². The van der Waals surface area contributed by atoms with Crippen molar-refractivity contribution in [2.24, 2.45) is 0 Å². The molecule has 6 nitrogen and oxygen atoms in total. The van der Waals surface area contributed by atoms with Gasteiger partial charge in [0, 0.05) is 29.1 Å². The summed E-state index contributed by atoms with van der Waals surface area (Å²) < 4.78 is 30.2. The molecule has 0 unspecified atom stereocenters. The molecule has 0 spiro atoms. The summed E-state index contributed by atoms with van der Waals surface area (Å²) in [5.74, 6) is -0.477. The molecule has 0 saturated heterocycles. The molecule has 0 bridgehead atoms. The average Bonchev–Trinajstić information content (AvgIpc) is 3.45. The van der Waals surface area contributed by atoms with Gasteiger partial charge in [-0.1, -0.05) is 30.3 Å². The molecule has 0 aliphatic heterocycles. The summed E-state index contributed by atoms with van der Waals surface area (Å²) in [4.78, 5) is 16.3. The fourth-order valence-corrected chi connectivity index (χ4v) is 4.09. The highest BCUT2D eigenvalue weighted by Crippen LogP contribution is 2.35. The maximum Gasteiger partial charge on any atom is 0.161 e. The molecule has 33 heavy (non-hydrogen) atoms. The largest absolute Gasteiger partial charge is 0.337 e. The lowest BCUT2D eigenvalue weighted by Crippen LogP contribution is -1.94. The van der Waals surface area contributed by atoms with E-state index in [1.165, 1.54) is 6.07 Å². The zero-order valence-electron chi connectivity index (χ0n) is 17.4. The lowest BCUT2D eigenvalue weighted by atomic mass is 10.0. The second-order valence-corrected chi connectivity index (χ2v) is 7.74. The first-order valence-corrected chi connectivity index (χ1v) is 10.3. The van der Waals surface area contributed by atoms with Crippen molar-refractivity contribution < 1.29 is 8.78 Å². The van der Waals surface area contributed by atoms with Crippen LogP contribution in [0.4, 0.5) is 8.78 Å². The molecule has 6 aromatic rings. The highest BCUT2D eigenvalue weighted by atomic mass is 19.1. The van der Waals surface area contributed by atoms with Crippen LogP contribution in [-0.4, -0.2) is 30.1 Å². The number of fused-ring (bicyclic) bond motifs is 2. The van der Waals surface area contributed by atoms with Gasteiger partial charge >= 0.3 is 0 Å². The number of aromatic nitrogens is 6. The number of hydrogen-bond donors (Lipinski definition) is 2. The van der Waals surface area contributed by atoms with Gasteiger partial charge in [0.1, 0.15) is 17.2 Å². The van der Waals surface area contributed by atoms with E-state index in [-0.39, 0.29) is 16.9 Å². The molecule has 2 N–H and O–H groups in total. The quantitative estimate of drug-likeness (QED) is 0.365. The van der Waals surface area contributed by atoms with Gasteiger partial charge in [0.15, 0.2) is 11.6 Å². The van der Waals surface area contributed by atoms with E-state index in [2.05, 4.69) is 30.1 Å². The van der Waals surface area contributed by atoms with Crippen molar-refractivity contribution in [3.05, 3.63) is 84.3 Å². The molecule has 6 rings (SSSR count). The average molecular weight is 438 g/mol. The van der Waals surface area contributed by atoms with Crippen molar-refractivity contribution in [1.29, 1.82) is 0 Å². The summed E-state index contributed by atoms with van der Waals surface area (Å²) in [6.07, 6.45) is 4.79. The van der Waals surface area contributed by atoms with E-state index in [0.29, 0.717) is 44.8 Å². The Morgan fingerprint density at radius 2 is 1.67 bits per heavy atom. The molecule has 0 saturated carbocycles. The number of pyridine rings is 2. The number of nitrogens with zero attached hydrogens (tertiary/aromatic N) is 4. The van der Waals surface area contributed by atoms with Gasteiger partial charge in [-0.3, -0.25) is 15.1 Å². The Balaban J connectivity index is 1.57. The summed E-state index contributed by atoms with van der Waals surface area (Å²) >= 11 is 0. The first kappa shape index (κ1) is 19.2. The van der Waals surface area contributed by atoms with Crippen molar-refractivity contribution in [1.82, 2.24) is 30.1 Å². The number of aromatic amines is 2. The minimum atomic E-state index is -0.512. The van der Waals surface area contributed by atoms with E-state index in [1.807, 2.05) is 25.1 Å². The highest BCUT2D eigenvalue weighted by Gasteiger charge is 2.22. The summed E-state index contributed by atoms with van der Waals surface area (Å²) in [5.41, 5.74) is 4.78. The predicted octanol–water partition coefficient (Wildman–Crippen LogP) is 5.82. The number of imidazole rings is 1. The van der Waals surface area contributed by atoms with Crippen LogP contribution in [0.5, 0.6) is 0 Å². The van der Waals surface area contributed by atoms with Crippen LogP contribution in [0.1, 0.15) is 5.56 Å². The molecule has 0 amide bonds. The number of benzene rings is 2. The number of H-pyrrole nitrogens is 2. The van der Waals surface area contributed by atoms with Gasteiger partial charge in [-0.05, 0) is 30.7 Å². The second-order valence-electron chi connectivity index (χ2n) is 7.74. The molecule has 0 aliphatic rings. The molecule has 0 fully saturated rings. The molecule has 4 heterocycles. The van der Waals surface area contributed by atoms with Crippen molar-refractivity contribution in [2.45, 2.75) is 6.92 Å². The molecule has 8 heteroatoms. The monoisotopic (exact) mass is 438 g/mol. The van der Waals surface area contributed by atoms with Crippen LogP contribution in [0.2, 0.25) is 0 Å². The van der Waals surface area contributed by atoms with Gasteiger partial charge in [-0.15, -0.1) is 0 Å². The van der Waals surface area contributed by atoms with Crippen molar-refractivity contribution in [3.63, 3.8) is 0 Å². The van der Waals surface area contributed by atoms with E-state index >= 15 is 4.39 Å². The van der Waals surface area contributed by atoms with E-state index in [0.717, 1.165) is 5.56 Å². The second kappa shape index (κ2) is 7.30. The van der Waals surface area contributed by atoms with Gasteiger partial charge in [0.2, 0.25) is 0 Å². The maximum atomic E-state index is 15.7. The fourth-order valence-electron chi connectivity index (χ4n) is 4.09. The van der Waals surface area contributed by atoms with E-state index in [4.69, 9.17) is 0 Å². The number of nitrogens with one attached hydrogen (secondary N) is 2. The number of aryl methyl sites for hydroxylation is 1. The molecular weight excluding hydrogens is 422 g/mol. The third-order valence-corrected chi connectivity index (χ3v) is 5.74. The van der Waals surface area contributed by atoms with Crippen LogP contribution in [0.15, 0.2) is 67.1 Å². The van der Waals surface area contributed by atoms with E-state index < -0.39 is 5.82 Å². The van der Waals surface area contributed by atoms with Crippen LogP contribution in [-0.2, 0) is 0 Å². The van der Waals surface area contributed by atoms with Gasteiger partial charge in [0.25, 0.3) is 0 Å². The zero-order chi connectivity index (χ0) is 22.5. The molecule has 160 valence electrons. The van der Waals surface area contributed by atoms with E-state index in [9.17, 15) is 4.39 Å². The van der Waals surface area contributed by atoms with Crippen LogP contribution >= 0.6 is 0 Å². The zero-order valence-corrected chi connectivity index (χ0v) is 17.4. The van der Waals surface area contributed by atoms with Crippen molar-refractivity contribution in [2.75, 3.05) is 0 Å². The van der Waals surface area contributed by atoms with Crippen molar-refractivity contribution in [3.8, 4) is 33.9 Å². The number of halogens is 2. The Labute approximate surface area is 186 Å². The van der Waals surface area contributed by atoms with Gasteiger partial charge < -0.3 is 4.98 Å². The predicted molar refractivity (Wildman–Crippen MR) is 122 cm³/mol. The third-order valence-electron chi connectivity index (χ3n) is 5.74. The molecular formula is C25H16F2N6. The first-order valence-electron chi connectivity index (χ1n) is 10.3. The fraction of sp³-hybridized carbons (Fsp3) is 0.0400. The molecule has 0 aliphatic carbocycles. The third kappa shape index (κ3) is 2.99. The first-order chi connectivity index (χ1) is 16.1.